The summed E-state index contributed by atoms with van der Waals surface area (Å²) in [7, 11) is -3.96. The van der Waals surface area contributed by atoms with Gasteiger partial charge in [-0.25, -0.2) is 13.2 Å². The number of carbonyl (C=O) groups excluding carboxylic acids is 1. The SMILES string of the molecule is CC(C)CN(CC(O)C(Cc1ccccc1)NC(=O)O[C@H]1COC2OCCC21)S(=O)(=O)c1ccc(CO)cc1. The predicted molar refractivity (Wildman–Crippen MR) is 143 cm³/mol. The molecule has 4 rings (SSSR count). The molecule has 2 fully saturated rings. The summed E-state index contributed by atoms with van der Waals surface area (Å²) in [4.78, 5) is 13.0. The van der Waals surface area contributed by atoms with Crippen molar-refractivity contribution >= 4 is 16.1 Å². The summed E-state index contributed by atoms with van der Waals surface area (Å²) in [5.41, 5.74) is 1.46. The molecule has 2 aliphatic rings. The predicted octanol–water partition coefficient (Wildman–Crippen LogP) is 2.29. The molecule has 0 radical (unpaired) electrons. The topological polar surface area (TPSA) is 135 Å². The van der Waals surface area contributed by atoms with Crippen LogP contribution in [0.15, 0.2) is 59.5 Å². The Morgan fingerprint density at radius 2 is 1.79 bits per heavy atom. The third-order valence-electron chi connectivity index (χ3n) is 7.01. The third kappa shape index (κ3) is 7.56. The van der Waals surface area contributed by atoms with Crippen LogP contribution in [-0.2, 0) is 37.3 Å². The molecule has 2 aromatic rings. The van der Waals surface area contributed by atoms with Crippen LogP contribution in [0.3, 0.4) is 0 Å². The summed E-state index contributed by atoms with van der Waals surface area (Å²) >= 11 is 0. The molecule has 0 bridgehead atoms. The summed E-state index contributed by atoms with van der Waals surface area (Å²) in [6, 6.07) is 14.5. The summed E-state index contributed by atoms with van der Waals surface area (Å²) < 4.78 is 45.1. The van der Waals surface area contributed by atoms with E-state index in [0.29, 0.717) is 12.2 Å². The van der Waals surface area contributed by atoms with E-state index in [1.807, 2.05) is 44.2 Å². The van der Waals surface area contributed by atoms with Gasteiger partial charge in [-0.1, -0.05) is 56.3 Å². The van der Waals surface area contributed by atoms with Crippen LogP contribution in [0, 0.1) is 11.8 Å². The van der Waals surface area contributed by atoms with Crippen molar-refractivity contribution in [3.05, 3.63) is 65.7 Å². The van der Waals surface area contributed by atoms with Crippen molar-refractivity contribution in [2.24, 2.45) is 11.8 Å². The number of alkyl carbamates (subject to hydrolysis) is 1. The van der Waals surface area contributed by atoms with Gasteiger partial charge in [0.05, 0.1) is 42.8 Å². The molecule has 0 aliphatic carbocycles. The molecule has 214 valence electrons. The Labute approximate surface area is 229 Å². The number of ether oxygens (including phenoxy) is 3. The van der Waals surface area contributed by atoms with Gasteiger partial charge in [0.25, 0.3) is 0 Å². The maximum absolute atomic E-state index is 13.6. The van der Waals surface area contributed by atoms with Gasteiger partial charge in [-0.15, -0.1) is 0 Å². The number of sulfonamides is 1. The largest absolute Gasteiger partial charge is 0.443 e. The zero-order valence-electron chi connectivity index (χ0n) is 22.3. The standard InChI is InChI=1S/C28H38N2O8S/c1-19(2)15-30(39(34,35)22-10-8-21(17-31)9-11-22)16-25(32)24(14-20-6-4-3-5-7-20)29-28(33)38-26-18-37-27-23(26)12-13-36-27/h3-11,19,23-27,31-32H,12-18H2,1-2H3,(H,29,33)/t23?,24?,25?,26-,27?/m0/s1. The average Bonchev–Trinajstić information content (AvgIpc) is 3.53. The van der Waals surface area contributed by atoms with Crippen LogP contribution >= 0.6 is 0 Å². The number of benzene rings is 2. The number of amides is 1. The second-order valence-corrected chi connectivity index (χ2v) is 12.4. The lowest BCUT2D eigenvalue weighted by Crippen LogP contribution is -2.51. The normalized spacial score (nSPS) is 22.6. The molecule has 2 aromatic carbocycles. The molecule has 1 amide bonds. The molecule has 0 spiro atoms. The van der Waals surface area contributed by atoms with Crippen LogP contribution in [0.1, 0.15) is 31.4 Å². The van der Waals surface area contributed by atoms with E-state index in [0.717, 1.165) is 12.0 Å². The van der Waals surface area contributed by atoms with E-state index in [2.05, 4.69) is 5.32 Å². The van der Waals surface area contributed by atoms with Crippen LogP contribution in [0.5, 0.6) is 0 Å². The Morgan fingerprint density at radius 1 is 1.08 bits per heavy atom. The van der Waals surface area contributed by atoms with Crippen molar-refractivity contribution < 1.29 is 37.6 Å². The summed E-state index contributed by atoms with van der Waals surface area (Å²) in [5, 5.41) is 23.4. The maximum atomic E-state index is 13.6. The lowest BCUT2D eigenvalue weighted by Gasteiger charge is -2.31. The highest BCUT2D eigenvalue weighted by atomic mass is 32.2. The molecular formula is C28H38N2O8S. The van der Waals surface area contributed by atoms with Crippen molar-refractivity contribution in [1.82, 2.24) is 9.62 Å². The molecule has 5 atom stereocenters. The Bertz CT molecular complexity index is 1180. The van der Waals surface area contributed by atoms with Crippen molar-refractivity contribution in [3.63, 3.8) is 0 Å². The summed E-state index contributed by atoms with van der Waals surface area (Å²) in [5.74, 6) is -0.0460. The highest BCUT2D eigenvalue weighted by Crippen LogP contribution is 2.33. The minimum Gasteiger partial charge on any atom is -0.443 e. The smallest absolute Gasteiger partial charge is 0.407 e. The van der Waals surface area contributed by atoms with Crippen molar-refractivity contribution in [2.75, 3.05) is 26.3 Å². The van der Waals surface area contributed by atoms with Gasteiger partial charge in [-0.05, 0) is 42.0 Å². The second-order valence-electron chi connectivity index (χ2n) is 10.5. The van der Waals surface area contributed by atoms with E-state index in [-0.39, 0.29) is 55.7 Å². The Hall–Kier alpha value is -2.54. The van der Waals surface area contributed by atoms with Crippen LogP contribution in [0.4, 0.5) is 4.79 Å². The van der Waals surface area contributed by atoms with Gasteiger partial charge in [-0.3, -0.25) is 0 Å². The van der Waals surface area contributed by atoms with Gasteiger partial charge in [0, 0.05) is 13.1 Å². The molecule has 0 saturated carbocycles. The van der Waals surface area contributed by atoms with Crippen LogP contribution in [0.2, 0.25) is 0 Å². The zero-order chi connectivity index (χ0) is 28.0. The van der Waals surface area contributed by atoms with E-state index in [1.54, 1.807) is 12.1 Å². The van der Waals surface area contributed by atoms with Gasteiger partial charge in [0.15, 0.2) is 6.29 Å². The molecule has 11 heteroatoms. The number of aliphatic hydroxyl groups excluding tert-OH is 2. The van der Waals surface area contributed by atoms with E-state index in [1.165, 1.54) is 16.4 Å². The van der Waals surface area contributed by atoms with Gasteiger partial charge in [0.2, 0.25) is 10.0 Å². The summed E-state index contributed by atoms with van der Waals surface area (Å²) in [6.07, 6.45) is -1.74. The molecule has 0 aromatic heterocycles. The minimum absolute atomic E-state index is 0.0156. The molecule has 2 saturated heterocycles. The number of fused-ring (bicyclic) bond motifs is 1. The number of hydrogen-bond donors (Lipinski definition) is 3. The zero-order valence-corrected chi connectivity index (χ0v) is 23.1. The second kappa shape index (κ2) is 13.2. The first kappa shape index (κ1) is 29.4. The van der Waals surface area contributed by atoms with Crippen LogP contribution < -0.4 is 5.32 Å². The number of nitrogens with zero attached hydrogens (tertiary/aromatic N) is 1. The van der Waals surface area contributed by atoms with Crippen LogP contribution in [0.25, 0.3) is 0 Å². The highest BCUT2D eigenvalue weighted by Gasteiger charge is 2.44. The van der Waals surface area contributed by atoms with Gasteiger partial charge >= 0.3 is 6.09 Å². The van der Waals surface area contributed by atoms with Crippen molar-refractivity contribution in [2.45, 2.75) is 62.7 Å². The van der Waals surface area contributed by atoms with Crippen molar-refractivity contribution in [1.29, 1.82) is 0 Å². The number of rotatable bonds is 12. The fraction of sp³-hybridized carbons (Fsp3) is 0.536. The van der Waals surface area contributed by atoms with E-state index in [9.17, 15) is 23.4 Å². The van der Waals surface area contributed by atoms with E-state index in [4.69, 9.17) is 14.2 Å². The molecule has 3 N–H and O–H groups in total. The first-order valence-corrected chi connectivity index (χ1v) is 14.7. The quantitative estimate of drug-likeness (QED) is 0.359. The summed E-state index contributed by atoms with van der Waals surface area (Å²) in [6.45, 7) is 4.32. The molecule has 4 unspecified atom stereocenters. The number of nitrogens with one attached hydrogen (secondary N) is 1. The molecule has 39 heavy (non-hydrogen) atoms. The minimum atomic E-state index is -3.96. The maximum Gasteiger partial charge on any atom is 0.407 e. The fourth-order valence-electron chi connectivity index (χ4n) is 4.95. The first-order valence-electron chi connectivity index (χ1n) is 13.3. The third-order valence-corrected chi connectivity index (χ3v) is 8.86. The monoisotopic (exact) mass is 562 g/mol. The molecule has 10 nitrogen and oxygen atoms in total. The first-order chi connectivity index (χ1) is 18.7. The van der Waals surface area contributed by atoms with Crippen LogP contribution in [-0.4, -0.2) is 79.9 Å². The van der Waals surface area contributed by atoms with Crippen molar-refractivity contribution in [3.8, 4) is 0 Å². The van der Waals surface area contributed by atoms with E-state index < -0.39 is 34.4 Å². The highest BCUT2D eigenvalue weighted by molar-refractivity contribution is 7.89. The number of hydrogen-bond acceptors (Lipinski definition) is 8. The molecule has 2 aliphatic heterocycles. The van der Waals surface area contributed by atoms with Gasteiger partial charge in [0.1, 0.15) is 6.10 Å². The molecule has 2 heterocycles. The number of aliphatic hydroxyl groups is 2. The Morgan fingerprint density at radius 3 is 2.46 bits per heavy atom. The lowest BCUT2D eigenvalue weighted by molar-refractivity contribution is -0.0907. The Kier molecular flexibility index (Phi) is 9.97. The Balaban J connectivity index is 1.51. The lowest BCUT2D eigenvalue weighted by atomic mass is 10.0. The van der Waals surface area contributed by atoms with Gasteiger partial charge < -0.3 is 29.7 Å². The molecular weight excluding hydrogens is 524 g/mol. The van der Waals surface area contributed by atoms with Gasteiger partial charge in [-0.2, -0.15) is 4.31 Å². The average molecular weight is 563 g/mol. The fourth-order valence-corrected chi connectivity index (χ4v) is 6.57. The van der Waals surface area contributed by atoms with E-state index >= 15 is 0 Å². The number of carbonyl (C=O) groups is 1.